The van der Waals surface area contributed by atoms with Gasteiger partial charge in [0.1, 0.15) is 0 Å². The molecule has 0 aliphatic heterocycles. The first-order chi connectivity index (χ1) is 5.27. The summed E-state index contributed by atoms with van der Waals surface area (Å²) in [5, 5.41) is 1.13. The van der Waals surface area contributed by atoms with Gasteiger partial charge in [-0.05, 0) is 18.2 Å². The molecule has 0 spiro atoms. The van der Waals surface area contributed by atoms with Crippen molar-refractivity contribution in [2.45, 2.75) is 9.79 Å². The van der Waals surface area contributed by atoms with Gasteiger partial charge in [-0.3, -0.25) is 0 Å². The van der Waals surface area contributed by atoms with E-state index >= 15 is 0 Å². The minimum atomic E-state index is 0.965. The lowest BCUT2D eigenvalue weighted by Crippen LogP contribution is -1.67. The summed E-state index contributed by atoms with van der Waals surface area (Å²) in [6, 6.07) is 5.95. The molecule has 0 amide bonds. The van der Waals surface area contributed by atoms with E-state index in [1.54, 1.807) is 0 Å². The molecule has 0 saturated heterocycles. The van der Waals surface area contributed by atoms with Gasteiger partial charge in [0.2, 0.25) is 0 Å². The molecule has 0 bridgehead atoms. The monoisotopic (exact) mass is 181 g/mol. The number of thiol groups is 2. The third-order valence-corrected chi connectivity index (χ3v) is 2.29. The smallest absolute Gasteiger partial charge is 0.0466 e. The Morgan fingerprint density at radius 3 is 2.82 bits per heavy atom. The lowest BCUT2D eigenvalue weighted by atomic mass is 10.2. The quantitative estimate of drug-likeness (QED) is 0.518. The van der Waals surface area contributed by atoms with Crippen LogP contribution in [0.1, 0.15) is 0 Å². The van der Waals surface area contributed by atoms with Crippen LogP contribution in [-0.2, 0) is 0 Å². The standard InChI is InChI=1S/C8H7NS2/c10-5-1-2-7-6(3-5)8(11)4-9-7/h1-4,9-11H. The molecular weight excluding hydrogens is 174 g/mol. The van der Waals surface area contributed by atoms with E-state index in [1.165, 1.54) is 0 Å². The minimum Gasteiger partial charge on any atom is -0.360 e. The molecule has 0 aliphatic carbocycles. The molecule has 11 heavy (non-hydrogen) atoms. The van der Waals surface area contributed by atoms with Crippen LogP contribution in [0.4, 0.5) is 0 Å². The fourth-order valence-corrected chi connectivity index (χ4v) is 1.55. The minimum absolute atomic E-state index is 0.965. The van der Waals surface area contributed by atoms with E-state index in [2.05, 4.69) is 30.2 Å². The Kier molecular flexibility index (Phi) is 1.62. The van der Waals surface area contributed by atoms with Crippen LogP contribution in [0.25, 0.3) is 10.9 Å². The average Bonchev–Trinajstić information content (AvgIpc) is 2.33. The molecule has 0 atom stereocenters. The highest BCUT2D eigenvalue weighted by molar-refractivity contribution is 7.80. The van der Waals surface area contributed by atoms with Crippen molar-refractivity contribution in [2.24, 2.45) is 0 Å². The Hall–Kier alpha value is -0.540. The molecule has 2 rings (SSSR count). The van der Waals surface area contributed by atoms with E-state index in [4.69, 9.17) is 0 Å². The fourth-order valence-electron chi connectivity index (χ4n) is 1.09. The van der Waals surface area contributed by atoms with Crippen LogP contribution in [0.2, 0.25) is 0 Å². The van der Waals surface area contributed by atoms with Crippen molar-refractivity contribution >= 4 is 36.2 Å². The number of aromatic nitrogens is 1. The maximum atomic E-state index is 4.28. The Morgan fingerprint density at radius 2 is 2.00 bits per heavy atom. The molecule has 1 nitrogen and oxygen atoms in total. The van der Waals surface area contributed by atoms with Gasteiger partial charge < -0.3 is 4.98 Å². The summed E-state index contributed by atoms with van der Waals surface area (Å²) in [6.07, 6.45) is 1.88. The number of fused-ring (bicyclic) bond motifs is 1. The summed E-state index contributed by atoms with van der Waals surface area (Å²) in [6.45, 7) is 0. The van der Waals surface area contributed by atoms with E-state index in [-0.39, 0.29) is 0 Å². The van der Waals surface area contributed by atoms with Crippen molar-refractivity contribution in [3.05, 3.63) is 24.4 Å². The second kappa shape index (κ2) is 2.50. The highest BCUT2D eigenvalue weighted by atomic mass is 32.1. The number of hydrogen-bond acceptors (Lipinski definition) is 2. The largest absolute Gasteiger partial charge is 0.360 e. The molecule has 3 heteroatoms. The number of nitrogens with one attached hydrogen (secondary N) is 1. The van der Waals surface area contributed by atoms with Crippen molar-refractivity contribution in [3.8, 4) is 0 Å². The molecule has 1 aromatic heterocycles. The van der Waals surface area contributed by atoms with Gasteiger partial charge >= 0.3 is 0 Å². The van der Waals surface area contributed by atoms with Crippen molar-refractivity contribution < 1.29 is 0 Å². The molecule has 0 saturated carbocycles. The van der Waals surface area contributed by atoms with E-state index < -0.39 is 0 Å². The maximum Gasteiger partial charge on any atom is 0.0466 e. The van der Waals surface area contributed by atoms with Crippen LogP contribution in [0.3, 0.4) is 0 Å². The SMILES string of the molecule is Sc1ccc2[nH]cc(S)c2c1. The van der Waals surface area contributed by atoms with Gasteiger partial charge in [-0.2, -0.15) is 0 Å². The van der Waals surface area contributed by atoms with Crippen LogP contribution in [0.5, 0.6) is 0 Å². The van der Waals surface area contributed by atoms with E-state index in [9.17, 15) is 0 Å². The highest BCUT2D eigenvalue weighted by Crippen LogP contribution is 2.23. The molecule has 0 unspecified atom stereocenters. The fraction of sp³-hybridized carbons (Fsp3) is 0. The van der Waals surface area contributed by atoms with Gasteiger partial charge in [0.25, 0.3) is 0 Å². The first kappa shape index (κ1) is 7.13. The zero-order chi connectivity index (χ0) is 7.84. The topological polar surface area (TPSA) is 15.8 Å². The molecule has 1 aromatic carbocycles. The Morgan fingerprint density at radius 1 is 1.18 bits per heavy atom. The normalized spacial score (nSPS) is 10.7. The van der Waals surface area contributed by atoms with Crippen molar-refractivity contribution in [2.75, 3.05) is 0 Å². The summed E-state index contributed by atoms with van der Waals surface area (Å²) in [5.41, 5.74) is 1.10. The number of H-pyrrole nitrogens is 1. The summed E-state index contributed by atoms with van der Waals surface area (Å²) < 4.78 is 0. The van der Waals surface area contributed by atoms with Crippen molar-refractivity contribution in [1.82, 2.24) is 4.98 Å². The van der Waals surface area contributed by atoms with Gasteiger partial charge in [-0.25, -0.2) is 0 Å². The molecular formula is C8H7NS2. The van der Waals surface area contributed by atoms with Crippen molar-refractivity contribution in [1.29, 1.82) is 0 Å². The second-order valence-electron chi connectivity index (χ2n) is 2.40. The van der Waals surface area contributed by atoms with E-state index in [0.717, 1.165) is 20.7 Å². The number of hydrogen-bond donors (Lipinski definition) is 3. The molecule has 56 valence electrons. The first-order valence-electron chi connectivity index (χ1n) is 3.26. The first-order valence-corrected chi connectivity index (χ1v) is 4.16. The van der Waals surface area contributed by atoms with Gasteiger partial charge in [0, 0.05) is 26.9 Å². The zero-order valence-corrected chi connectivity index (χ0v) is 7.49. The van der Waals surface area contributed by atoms with Crippen LogP contribution in [0, 0.1) is 0 Å². The molecule has 0 radical (unpaired) electrons. The highest BCUT2D eigenvalue weighted by Gasteiger charge is 1.98. The van der Waals surface area contributed by atoms with E-state index in [0.29, 0.717) is 0 Å². The van der Waals surface area contributed by atoms with Crippen LogP contribution >= 0.6 is 25.3 Å². The van der Waals surface area contributed by atoms with Gasteiger partial charge in [0.15, 0.2) is 0 Å². The third-order valence-electron chi connectivity index (χ3n) is 1.64. The summed E-state index contributed by atoms with van der Waals surface area (Å²) in [7, 11) is 0. The summed E-state index contributed by atoms with van der Waals surface area (Å²) in [5.74, 6) is 0. The van der Waals surface area contributed by atoms with Gasteiger partial charge in [-0.1, -0.05) is 0 Å². The van der Waals surface area contributed by atoms with Crippen LogP contribution in [-0.4, -0.2) is 4.98 Å². The molecule has 1 N–H and O–H groups in total. The summed E-state index contributed by atoms with van der Waals surface area (Å²) in [4.78, 5) is 5.04. The van der Waals surface area contributed by atoms with Gasteiger partial charge in [-0.15, -0.1) is 25.3 Å². The lowest BCUT2D eigenvalue weighted by Gasteiger charge is -1.91. The predicted octanol–water partition coefficient (Wildman–Crippen LogP) is 2.75. The number of aromatic amines is 1. The Bertz CT molecular complexity index is 392. The maximum absolute atomic E-state index is 4.28. The third kappa shape index (κ3) is 1.14. The Balaban J connectivity index is 2.87. The van der Waals surface area contributed by atoms with Gasteiger partial charge in [0.05, 0.1) is 0 Å². The number of rotatable bonds is 0. The van der Waals surface area contributed by atoms with Crippen molar-refractivity contribution in [3.63, 3.8) is 0 Å². The molecule has 2 aromatic rings. The zero-order valence-electron chi connectivity index (χ0n) is 5.70. The lowest BCUT2D eigenvalue weighted by molar-refractivity contribution is 1.42. The van der Waals surface area contributed by atoms with E-state index in [1.807, 2.05) is 24.4 Å². The van der Waals surface area contributed by atoms with Crippen LogP contribution < -0.4 is 0 Å². The number of benzene rings is 1. The predicted molar refractivity (Wildman–Crippen MR) is 52.8 cm³/mol. The average molecular weight is 181 g/mol. The second-order valence-corrected chi connectivity index (χ2v) is 3.40. The molecule has 0 aliphatic rings. The molecule has 0 fully saturated rings. The summed E-state index contributed by atoms with van der Waals surface area (Å²) >= 11 is 8.52. The molecule has 1 heterocycles. The van der Waals surface area contributed by atoms with Crippen LogP contribution in [0.15, 0.2) is 34.2 Å². The Labute approximate surface area is 75.6 Å².